The van der Waals surface area contributed by atoms with Crippen molar-refractivity contribution in [1.29, 1.82) is 0 Å². The zero-order valence-electron chi connectivity index (χ0n) is 19.0. The van der Waals surface area contributed by atoms with Crippen molar-refractivity contribution < 1.29 is 22.0 Å². The smallest absolute Gasteiger partial charge is 0.270 e. The van der Waals surface area contributed by atoms with Crippen LogP contribution < -0.4 is 0 Å². The van der Waals surface area contributed by atoms with Crippen molar-refractivity contribution in [2.24, 2.45) is 0 Å². The highest BCUT2D eigenvalue weighted by Crippen LogP contribution is 2.31. The molecule has 4 rings (SSSR count). The van der Waals surface area contributed by atoms with E-state index in [0.717, 1.165) is 24.3 Å². The minimum atomic E-state index is -3.32. The molecule has 176 valence electrons. The molecule has 5 nitrogen and oxygen atoms in total. The second kappa shape index (κ2) is 8.76. The van der Waals surface area contributed by atoms with Gasteiger partial charge in [-0.05, 0) is 48.4 Å². The molecule has 0 amide bonds. The Morgan fingerprint density at radius 3 is 2.32 bits per heavy atom. The lowest BCUT2D eigenvalue weighted by molar-refractivity contribution is 0.0164. The van der Waals surface area contributed by atoms with Crippen LogP contribution in [0.4, 0.5) is 8.78 Å². The highest BCUT2D eigenvalue weighted by molar-refractivity contribution is 7.90. The van der Waals surface area contributed by atoms with Gasteiger partial charge in [0, 0.05) is 37.3 Å². The lowest BCUT2D eigenvalue weighted by atomic mass is 10.0. The average Bonchev–Trinajstić information content (AvgIpc) is 3.09. The number of alkyl halides is 2. The van der Waals surface area contributed by atoms with Gasteiger partial charge in [0.2, 0.25) is 0 Å². The van der Waals surface area contributed by atoms with Gasteiger partial charge in [0.25, 0.3) is 5.92 Å². The first-order chi connectivity index (χ1) is 15.9. The third kappa shape index (κ3) is 4.92. The van der Waals surface area contributed by atoms with Crippen LogP contribution in [-0.4, -0.2) is 30.0 Å². The highest BCUT2D eigenvalue weighted by atomic mass is 32.2. The average molecular weight is 483 g/mol. The van der Waals surface area contributed by atoms with Crippen LogP contribution in [0.5, 0.6) is 0 Å². The van der Waals surface area contributed by atoms with E-state index in [1.165, 1.54) is 13.0 Å². The minimum absolute atomic E-state index is 0.0549. The normalized spacial score (nSPS) is 12.3. The number of aromatic nitrogens is 2. The van der Waals surface area contributed by atoms with E-state index in [1.54, 1.807) is 60.7 Å². The van der Waals surface area contributed by atoms with Gasteiger partial charge in [-0.25, -0.2) is 22.2 Å². The monoisotopic (exact) mass is 482 g/mol. The number of carbonyl (C=O) groups excluding carboxylic acids is 1. The number of fused-ring (bicyclic) bond motifs is 1. The van der Waals surface area contributed by atoms with E-state index in [-0.39, 0.29) is 22.8 Å². The van der Waals surface area contributed by atoms with Crippen molar-refractivity contribution in [3.05, 3.63) is 94.8 Å². The molecule has 0 saturated carbocycles. The summed E-state index contributed by atoms with van der Waals surface area (Å²) in [6.07, 6.45) is 1.51. The number of halogens is 2. The molecule has 0 N–H and O–H groups in total. The van der Waals surface area contributed by atoms with Gasteiger partial charge in [-0.2, -0.15) is 0 Å². The maximum Gasteiger partial charge on any atom is 0.270 e. The highest BCUT2D eigenvalue weighted by Gasteiger charge is 2.27. The van der Waals surface area contributed by atoms with E-state index in [0.29, 0.717) is 28.9 Å². The Labute approximate surface area is 197 Å². The molecule has 0 unspecified atom stereocenters. The summed E-state index contributed by atoms with van der Waals surface area (Å²) >= 11 is 0. The molecule has 1 aromatic heterocycles. The number of imidazole rings is 1. The molecule has 1 heterocycles. The summed E-state index contributed by atoms with van der Waals surface area (Å²) in [6, 6.07) is 18.1. The fourth-order valence-corrected chi connectivity index (χ4v) is 4.63. The summed E-state index contributed by atoms with van der Waals surface area (Å²) in [4.78, 5) is 16.8. The molecule has 0 atom stereocenters. The van der Waals surface area contributed by atoms with Crippen molar-refractivity contribution in [2.45, 2.75) is 37.6 Å². The van der Waals surface area contributed by atoms with Gasteiger partial charge in [-0.3, -0.25) is 4.79 Å². The van der Waals surface area contributed by atoms with E-state index >= 15 is 0 Å². The van der Waals surface area contributed by atoms with Crippen molar-refractivity contribution in [3.63, 3.8) is 0 Å². The minimum Gasteiger partial charge on any atom is -0.323 e. The lowest BCUT2D eigenvalue weighted by Crippen LogP contribution is -2.14. The van der Waals surface area contributed by atoms with Crippen LogP contribution >= 0.6 is 0 Å². The first kappa shape index (κ1) is 23.8. The van der Waals surface area contributed by atoms with E-state index in [9.17, 15) is 22.0 Å². The Kier molecular flexibility index (Phi) is 6.12. The van der Waals surface area contributed by atoms with Crippen molar-refractivity contribution >= 4 is 26.7 Å². The SMILES string of the molecule is CC(=O)c1ccc2c(c1)nc(Cc1ccc(S(C)(=O)=O)cc1)n2Cc1ccccc1C(C)(F)F. The molecule has 0 aliphatic rings. The summed E-state index contributed by atoms with van der Waals surface area (Å²) in [6.45, 7) is 2.52. The molecule has 0 saturated heterocycles. The van der Waals surface area contributed by atoms with Gasteiger partial charge < -0.3 is 4.57 Å². The molecule has 0 radical (unpaired) electrons. The molecule has 8 heteroatoms. The number of hydrogen-bond donors (Lipinski definition) is 0. The third-order valence-corrected chi connectivity index (χ3v) is 6.89. The van der Waals surface area contributed by atoms with Crippen molar-refractivity contribution in [1.82, 2.24) is 9.55 Å². The standard InChI is InChI=1S/C26H24F2N2O3S/c1-17(31)19-10-13-24-23(15-19)29-25(14-18-8-11-21(12-9-18)34(3,32)33)30(24)16-20-6-4-5-7-22(20)26(2,27)28/h4-13,15H,14,16H2,1-3H3. The van der Waals surface area contributed by atoms with Crippen LogP contribution in [0.25, 0.3) is 11.0 Å². The summed E-state index contributed by atoms with van der Waals surface area (Å²) in [5, 5.41) is 0. The maximum atomic E-state index is 14.3. The van der Waals surface area contributed by atoms with Gasteiger partial charge in [-0.15, -0.1) is 0 Å². The number of hydrogen-bond acceptors (Lipinski definition) is 4. The number of sulfone groups is 1. The molecule has 3 aromatic carbocycles. The van der Waals surface area contributed by atoms with Crippen LogP contribution in [-0.2, 0) is 28.7 Å². The van der Waals surface area contributed by atoms with Crippen LogP contribution in [0.2, 0.25) is 0 Å². The molecular formula is C26H24F2N2O3S. The molecule has 0 bridgehead atoms. The summed E-state index contributed by atoms with van der Waals surface area (Å²) in [5.41, 5.74) is 3.07. The largest absolute Gasteiger partial charge is 0.323 e. The van der Waals surface area contributed by atoms with Crippen LogP contribution in [0.15, 0.2) is 71.6 Å². The number of carbonyl (C=O) groups is 1. The predicted octanol–water partition coefficient (Wildman–Crippen LogP) is 5.39. The molecule has 0 spiro atoms. The third-order valence-electron chi connectivity index (χ3n) is 5.77. The summed E-state index contributed by atoms with van der Waals surface area (Å²) in [7, 11) is -3.32. The summed E-state index contributed by atoms with van der Waals surface area (Å²) < 4.78 is 54.0. The molecule has 0 aliphatic heterocycles. The van der Waals surface area contributed by atoms with Crippen molar-refractivity contribution in [2.75, 3.05) is 6.26 Å². The van der Waals surface area contributed by atoms with Gasteiger partial charge in [-0.1, -0.05) is 36.4 Å². The Morgan fingerprint density at radius 1 is 1.03 bits per heavy atom. The fourth-order valence-electron chi connectivity index (χ4n) is 4.00. The second-order valence-electron chi connectivity index (χ2n) is 8.51. The number of nitrogens with zero attached hydrogens (tertiary/aromatic N) is 2. The Bertz CT molecular complexity index is 1490. The first-order valence-electron chi connectivity index (χ1n) is 10.7. The molecular weight excluding hydrogens is 458 g/mol. The van der Waals surface area contributed by atoms with E-state index in [2.05, 4.69) is 0 Å². The zero-order chi connectivity index (χ0) is 24.7. The number of Topliss-reactive ketones (excluding diaryl/α,β-unsaturated/α-hetero) is 1. The molecule has 34 heavy (non-hydrogen) atoms. The van der Waals surface area contributed by atoms with Gasteiger partial charge in [0.05, 0.1) is 15.9 Å². The maximum absolute atomic E-state index is 14.3. The molecule has 0 aliphatic carbocycles. The molecule has 0 fully saturated rings. The van der Waals surface area contributed by atoms with Crippen LogP contribution in [0.1, 0.15) is 46.7 Å². The van der Waals surface area contributed by atoms with E-state index in [1.807, 2.05) is 4.57 Å². The Balaban J connectivity index is 1.81. The van der Waals surface area contributed by atoms with E-state index in [4.69, 9.17) is 4.98 Å². The van der Waals surface area contributed by atoms with E-state index < -0.39 is 15.8 Å². The predicted molar refractivity (Wildman–Crippen MR) is 127 cm³/mol. The number of rotatable bonds is 7. The van der Waals surface area contributed by atoms with Gasteiger partial charge >= 0.3 is 0 Å². The fraction of sp³-hybridized carbons (Fsp3) is 0.231. The zero-order valence-corrected chi connectivity index (χ0v) is 19.9. The topological polar surface area (TPSA) is 69.0 Å². The van der Waals surface area contributed by atoms with Crippen LogP contribution in [0, 0.1) is 0 Å². The first-order valence-corrected chi connectivity index (χ1v) is 12.6. The van der Waals surface area contributed by atoms with Crippen molar-refractivity contribution in [3.8, 4) is 0 Å². The number of ketones is 1. The summed E-state index contributed by atoms with van der Waals surface area (Å²) in [5.74, 6) is -2.47. The second-order valence-corrected chi connectivity index (χ2v) is 10.5. The van der Waals surface area contributed by atoms with Gasteiger partial charge in [0.15, 0.2) is 15.6 Å². The van der Waals surface area contributed by atoms with Crippen LogP contribution in [0.3, 0.4) is 0 Å². The number of benzene rings is 3. The Hall–Kier alpha value is -3.39. The molecule has 4 aromatic rings. The quantitative estimate of drug-likeness (QED) is 0.331. The lowest BCUT2D eigenvalue weighted by Gasteiger charge is -2.17. The Morgan fingerprint density at radius 2 is 1.71 bits per heavy atom. The van der Waals surface area contributed by atoms with Gasteiger partial charge in [0.1, 0.15) is 5.82 Å².